The Kier molecular flexibility index (Phi) is 4.95. The molecule has 24 heavy (non-hydrogen) atoms. The lowest BCUT2D eigenvalue weighted by atomic mass is 9.93. The van der Waals surface area contributed by atoms with Crippen LogP contribution in [0, 0.1) is 0 Å². The molecule has 0 saturated heterocycles. The van der Waals surface area contributed by atoms with E-state index in [9.17, 15) is 13.2 Å². The number of carbonyl (C=O) groups excluding carboxylic acids is 1. The van der Waals surface area contributed by atoms with Crippen molar-refractivity contribution in [2.45, 2.75) is 37.6 Å². The van der Waals surface area contributed by atoms with Crippen molar-refractivity contribution >= 4 is 21.9 Å². The van der Waals surface area contributed by atoms with Gasteiger partial charge in [-0.25, -0.2) is 18.4 Å². The Morgan fingerprint density at radius 2 is 1.88 bits per heavy atom. The zero-order valence-corrected chi connectivity index (χ0v) is 14.5. The van der Waals surface area contributed by atoms with Gasteiger partial charge in [0.25, 0.3) is 0 Å². The molecule has 0 fully saturated rings. The number of hydrogen-bond donors (Lipinski definition) is 3. The van der Waals surface area contributed by atoms with E-state index in [0.29, 0.717) is 11.6 Å². The number of primary sulfonamides is 1. The molecule has 0 unspecified atom stereocenters. The van der Waals surface area contributed by atoms with Crippen molar-refractivity contribution in [3.63, 3.8) is 0 Å². The highest BCUT2D eigenvalue weighted by molar-refractivity contribution is 7.89. The molecule has 1 aromatic heterocycles. The monoisotopic (exact) mass is 352 g/mol. The molecular formula is C15H20N4O4S. The average Bonchev–Trinajstić information content (AvgIpc) is 2.93. The van der Waals surface area contributed by atoms with Gasteiger partial charge in [0.05, 0.1) is 4.90 Å². The molecule has 0 bridgehead atoms. The summed E-state index contributed by atoms with van der Waals surface area (Å²) >= 11 is 0. The second-order valence-corrected chi connectivity index (χ2v) is 7.88. The number of nitrogens with one attached hydrogen (secondary N) is 2. The van der Waals surface area contributed by atoms with Gasteiger partial charge in [0.1, 0.15) is 5.76 Å². The summed E-state index contributed by atoms with van der Waals surface area (Å²) in [6, 6.07) is 7.15. The zero-order chi connectivity index (χ0) is 18.0. The second kappa shape index (κ2) is 6.62. The quantitative estimate of drug-likeness (QED) is 0.775. The first-order valence-electron chi connectivity index (χ1n) is 7.19. The Hall–Kier alpha value is -2.39. The van der Waals surface area contributed by atoms with Crippen LogP contribution in [0.15, 0.2) is 39.8 Å². The third kappa shape index (κ3) is 4.80. The number of nitrogens with zero attached hydrogens (tertiary/aromatic N) is 1. The van der Waals surface area contributed by atoms with E-state index in [1.165, 1.54) is 12.1 Å². The van der Waals surface area contributed by atoms with Gasteiger partial charge < -0.3 is 9.84 Å². The maximum atomic E-state index is 11.9. The molecule has 0 aliphatic heterocycles. The third-order valence-corrected chi connectivity index (χ3v) is 4.13. The molecular weight excluding hydrogens is 332 g/mol. The molecule has 1 aromatic carbocycles. The fourth-order valence-corrected chi connectivity index (χ4v) is 2.34. The Morgan fingerprint density at radius 1 is 1.25 bits per heavy atom. The summed E-state index contributed by atoms with van der Waals surface area (Å²) in [4.78, 5) is 11.9. The number of anilines is 1. The smallest absolute Gasteiger partial charge is 0.320 e. The van der Waals surface area contributed by atoms with Crippen LogP contribution in [0.3, 0.4) is 0 Å². The van der Waals surface area contributed by atoms with E-state index in [4.69, 9.17) is 9.66 Å². The van der Waals surface area contributed by atoms with Crippen LogP contribution in [0.2, 0.25) is 0 Å². The number of sulfonamides is 1. The normalized spacial score (nSPS) is 12.0. The lowest BCUT2D eigenvalue weighted by Crippen LogP contribution is -2.28. The van der Waals surface area contributed by atoms with Crippen LogP contribution < -0.4 is 15.8 Å². The van der Waals surface area contributed by atoms with E-state index in [1.54, 1.807) is 18.2 Å². The number of aromatic nitrogens is 1. The molecule has 2 amide bonds. The number of carbonyl (C=O) groups is 1. The molecule has 4 N–H and O–H groups in total. The number of urea groups is 1. The number of amides is 2. The molecule has 0 atom stereocenters. The van der Waals surface area contributed by atoms with Gasteiger partial charge in [0, 0.05) is 18.0 Å². The van der Waals surface area contributed by atoms with Crippen molar-refractivity contribution in [3.05, 3.63) is 41.7 Å². The molecule has 0 spiro atoms. The summed E-state index contributed by atoms with van der Waals surface area (Å²) in [6.45, 7) is 6.15. The van der Waals surface area contributed by atoms with E-state index in [1.807, 2.05) is 20.8 Å². The van der Waals surface area contributed by atoms with Crippen LogP contribution in [-0.2, 0) is 22.0 Å². The molecule has 2 rings (SSSR count). The fourth-order valence-electron chi connectivity index (χ4n) is 1.83. The van der Waals surface area contributed by atoms with Crippen LogP contribution >= 0.6 is 0 Å². The lowest BCUT2D eigenvalue weighted by Gasteiger charge is -2.12. The molecule has 0 aliphatic rings. The highest BCUT2D eigenvalue weighted by atomic mass is 32.2. The van der Waals surface area contributed by atoms with Gasteiger partial charge in [-0.05, 0) is 17.7 Å². The standard InChI is InChI=1S/C15H20N4O4S/c1-15(2,3)12-8-13(19-23-12)18-14(20)17-9-10-4-6-11(7-5-10)24(16,21)22/h4-8H,9H2,1-3H3,(H2,16,21,22)(H2,17,18,19,20). The Morgan fingerprint density at radius 3 is 2.38 bits per heavy atom. The van der Waals surface area contributed by atoms with E-state index >= 15 is 0 Å². The van der Waals surface area contributed by atoms with Gasteiger partial charge in [0.2, 0.25) is 10.0 Å². The molecule has 0 radical (unpaired) electrons. The Bertz CT molecular complexity index is 820. The third-order valence-electron chi connectivity index (χ3n) is 3.20. The fraction of sp³-hybridized carbons (Fsp3) is 0.333. The topological polar surface area (TPSA) is 127 Å². The van der Waals surface area contributed by atoms with Gasteiger partial charge in [-0.3, -0.25) is 5.32 Å². The van der Waals surface area contributed by atoms with E-state index in [0.717, 1.165) is 5.56 Å². The molecule has 0 saturated carbocycles. The average molecular weight is 352 g/mol. The number of nitrogens with two attached hydrogens (primary N) is 1. The molecule has 130 valence electrons. The summed E-state index contributed by atoms with van der Waals surface area (Å²) in [5.41, 5.74) is 0.530. The van der Waals surface area contributed by atoms with Gasteiger partial charge in [-0.2, -0.15) is 0 Å². The van der Waals surface area contributed by atoms with E-state index < -0.39 is 16.1 Å². The minimum Gasteiger partial charge on any atom is -0.359 e. The lowest BCUT2D eigenvalue weighted by molar-refractivity contribution is 0.251. The highest BCUT2D eigenvalue weighted by Crippen LogP contribution is 2.24. The molecule has 9 heteroatoms. The molecule has 2 aromatic rings. The van der Waals surface area contributed by atoms with Crippen molar-refractivity contribution in [2.75, 3.05) is 5.32 Å². The summed E-state index contributed by atoms with van der Waals surface area (Å²) < 4.78 is 27.5. The van der Waals surface area contributed by atoms with Crippen molar-refractivity contribution in [3.8, 4) is 0 Å². The summed E-state index contributed by atoms with van der Waals surface area (Å²) in [6.07, 6.45) is 0. The van der Waals surface area contributed by atoms with Crippen molar-refractivity contribution in [1.82, 2.24) is 10.5 Å². The van der Waals surface area contributed by atoms with Crippen LogP contribution in [0.4, 0.5) is 10.6 Å². The number of benzene rings is 1. The van der Waals surface area contributed by atoms with Crippen molar-refractivity contribution in [1.29, 1.82) is 0 Å². The van der Waals surface area contributed by atoms with Crippen LogP contribution in [-0.4, -0.2) is 19.6 Å². The minimum absolute atomic E-state index is 0.0213. The van der Waals surface area contributed by atoms with Crippen LogP contribution in [0.5, 0.6) is 0 Å². The second-order valence-electron chi connectivity index (χ2n) is 6.32. The summed E-state index contributed by atoms with van der Waals surface area (Å²) in [7, 11) is -3.72. The summed E-state index contributed by atoms with van der Waals surface area (Å²) in [5.74, 6) is 0.985. The first-order valence-corrected chi connectivity index (χ1v) is 8.74. The van der Waals surface area contributed by atoms with Gasteiger partial charge >= 0.3 is 6.03 Å². The van der Waals surface area contributed by atoms with Crippen LogP contribution in [0.25, 0.3) is 0 Å². The zero-order valence-electron chi connectivity index (χ0n) is 13.7. The Balaban J connectivity index is 1.90. The number of hydrogen-bond acceptors (Lipinski definition) is 5. The predicted octanol–water partition coefficient (Wildman–Crippen LogP) is 1.94. The van der Waals surface area contributed by atoms with E-state index in [2.05, 4.69) is 15.8 Å². The molecule has 1 heterocycles. The maximum absolute atomic E-state index is 11.9. The largest absolute Gasteiger partial charge is 0.359 e. The maximum Gasteiger partial charge on any atom is 0.320 e. The predicted molar refractivity (Wildman–Crippen MR) is 88.9 cm³/mol. The van der Waals surface area contributed by atoms with Gasteiger partial charge in [-0.1, -0.05) is 38.1 Å². The minimum atomic E-state index is -3.72. The highest BCUT2D eigenvalue weighted by Gasteiger charge is 2.20. The van der Waals surface area contributed by atoms with E-state index in [-0.39, 0.29) is 16.9 Å². The van der Waals surface area contributed by atoms with Gasteiger partial charge in [-0.15, -0.1) is 0 Å². The number of rotatable bonds is 4. The molecule has 0 aliphatic carbocycles. The first kappa shape index (κ1) is 18.0. The van der Waals surface area contributed by atoms with Crippen molar-refractivity contribution < 1.29 is 17.7 Å². The van der Waals surface area contributed by atoms with Crippen LogP contribution in [0.1, 0.15) is 32.1 Å². The first-order chi connectivity index (χ1) is 11.1. The Labute approximate surface area is 140 Å². The SMILES string of the molecule is CC(C)(C)c1cc(NC(=O)NCc2ccc(S(N)(=O)=O)cc2)no1. The summed E-state index contributed by atoms with van der Waals surface area (Å²) in [5, 5.41) is 14.0. The van der Waals surface area contributed by atoms with Gasteiger partial charge in [0.15, 0.2) is 5.82 Å². The molecule has 8 nitrogen and oxygen atoms in total. The van der Waals surface area contributed by atoms with Crippen molar-refractivity contribution in [2.24, 2.45) is 5.14 Å².